The molecule has 0 radical (unpaired) electrons. The average Bonchev–Trinajstić information content (AvgIpc) is 3.24. The van der Waals surface area contributed by atoms with E-state index in [2.05, 4.69) is 32.7 Å². The Morgan fingerprint density at radius 2 is 1.92 bits per heavy atom. The summed E-state index contributed by atoms with van der Waals surface area (Å²) in [6, 6.07) is -0.573. The number of nitrogens with one attached hydrogen (secondary N) is 1. The van der Waals surface area contributed by atoms with Crippen LogP contribution in [0.25, 0.3) is 0 Å². The summed E-state index contributed by atoms with van der Waals surface area (Å²) in [6.07, 6.45) is 4.17. The third-order valence-electron chi connectivity index (χ3n) is 10.9. The summed E-state index contributed by atoms with van der Waals surface area (Å²) in [5, 5.41) is 14.6. The van der Waals surface area contributed by atoms with Gasteiger partial charge in [0, 0.05) is 34.5 Å². The predicted molar refractivity (Wildman–Crippen MR) is 157 cm³/mol. The molecule has 0 unspecified atom stereocenters. The molecule has 0 aromatic heterocycles. The first-order chi connectivity index (χ1) is 17.9. The Hall–Kier alpha value is -1.38. The highest BCUT2D eigenvalue weighted by molar-refractivity contribution is 8.01. The molecule has 9 atom stereocenters. The molecular weight excluding hydrogens is 512 g/mol. The van der Waals surface area contributed by atoms with Gasteiger partial charge in [-0.3, -0.25) is 14.4 Å². The maximum atomic E-state index is 13.5. The smallest absolute Gasteiger partial charge is 0.316 e. The molecule has 0 saturated heterocycles. The fourth-order valence-electron chi connectivity index (χ4n) is 7.72. The zero-order valence-electron chi connectivity index (χ0n) is 25.3. The van der Waals surface area contributed by atoms with Gasteiger partial charge in [0.15, 0.2) is 0 Å². The van der Waals surface area contributed by atoms with Gasteiger partial charge < -0.3 is 20.9 Å². The molecule has 8 heteroatoms. The fourth-order valence-corrected chi connectivity index (χ4v) is 8.47. The number of aliphatic hydroxyl groups excluding tert-OH is 1. The molecule has 3 fully saturated rings. The van der Waals surface area contributed by atoms with Crippen LogP contribution in [0.4, 0.5) is 0 Å². The van der Waals surface area contributed by atoms with Crippen molar-refractivity contribution in [3.63, 3.8) is 0 Å². The van der Waals surface area contributed by atoms with Gasteiger partial charge in [-0.2, -0.15) is 0 Å². The zero-order valence-corrected chi connectivity index (χ0v) is 26.2. The second-order valence-electron chi connectivity index (χ2n) is 14.1. The molecule has 0 aromatic rings. The van der Waals surface area contributed by atoms with Crippen molar-refractivity contribution in [3.05, 3.63) is 12.7 Å². The van der Waals surface area contributed by atoms with Crippen LogP contribution < -0.4 is 11.1 Å². The summed E-state index contributed by atoms with van der Waals surface area (Å²) in [7, 11) is 0. The molecule has 0 aromatic carbocycles. The minimum Gasteiger partial charge on any atom is -0.461 e. The van der Waals surface area contributed by atoms with E-state index in [1.807, 2.05) is 40.7 Å². The number of esters is 1. The van der Waals surface area contributed by atoms with Gasteiger partial charge in [0.1, 0.15) is 11.9 Å². The summed E-state index contributed by atoms with van der Waals surface area (Å²) >= 11 is 1.43. The topological polar surface area (TPSA) is 119 Å². The molecule has 0 spiro atoms. The third kappa shape index (κ3) is 5.85. The van der Waals surface area contributed by atoms with Crippen molar-refractivity contribution >= 4 is 29.4 Å². The van der Waals surface area contributed by atoms with E-state index in [4.69, 9.17) is 10.5 Å². The van der Waals surface area contributed by atoms with Crippen LogP contribution in [0.1, 0.15) is 87.5 Å². The van der Waals surface area contributed by atoms with E-state index in [0.717, 1.165) is 19.3 Å². The number of hydrogen-bond acceptors (Lipinski definition) is 7. The Morgan fingerprint density at radius 1 is 1.28 bits per heavy atom. The van der Waals surface area contributed by atoms with Crippen molar-refractivity contribution in [3.8, 4) is 0 Å². The van der Waals surface area contributed by atoms with E-state index < -0.39 is 33.8 Å². The standard InChI is InChI=1S/C31H52N2O5S/c1-10-29(8)15-22(38-23(35)16-39-28(6,7)17-33-27(37)24(32)18(2)3)30(9)19(4)11-13-31(20(5)26(29)36)14-12-21(34)25(30)31/h10,18-20,22,24-26,36H,1,11-17,32H2,2-9H3,(H,33,37)/t19-,20-,22+,24+,25+,26-,29-,30+,31+/m1/s1. The molecular formula is C31H52N2O5S. The van der Waals surface area contributed by atoms with Crippen molar-refractivity contribution in [2.75, 3.05) is 12.3 Å². The molecule has 7 nitrogen and oxygen atoms in total. The normalized spacial score (nSPS) is 39.4. The molecule has 39 heavy (non-hydrogen) atoms. The van der Waals surface area contributed by atoms with Crippen LogP contribution in [0.15, 0.2) is 12.7 Å². The van der Waals surface area contributed by atoms with Crippen LogP contribution in [0.3, 0.4) is 0 Å². The summed E-state index contributed by atoms with van der Waals surface area (Å²) in [5.41, 5.74) is 4.49. The molecule has 0 heterocycles. The zero-order chi connectivity index (χ0) is 29.6. The van der Waals surface area contributed by atoms with Crippen LogP contribution in [-0.2, 0) is 19.1 Å². The van der Waals surface area contributed by atoms with E-state index in [1.54, 1.807) is 0 Å². The predicted octanol–water partition coefficient (Wildman–Crippen LogP) is 4.50. The molecule has 3 saturated carbocycles. The van der Waals surface area contributed by atoms with Gasteiger partial charge in [-0.1, -0.05) is 47.6 Å². The summed E-state index contributed by atoms with van der Waals surface area (Å²) < 4.78 is 5.92. The Balaban J connectivity index is 1.82. The lowest BCUT2D eigenvalue weighted by atomic mass is 9.44. The van der Waals surface area contributed by atoms with E-state index in [0.29, 0.717) is 19.4 Å². The summed E-state index contributed by atoms with van der Waals surface area (Å²) in [4.78, 5) is 39.2. The van der Waals surface area contributed by atoms with Crippen LogP contribution in [-0.4, -0.2) is 58.1 Å². The number of amides is 1. The number of aliphatic hydroxyl groups is 1. The van der Waals surface area contributed by atoms with Gasteiger partial charge in [0.25, 0.3) is 0 Å². The highest BCUT2D eigenvalue weighted by Gasteiger charge is 2.68. The number of Topliss-reactive ketones (excluding diaryl/α,β-unsaturated/α-hetero) is 1. The number of carbonyl (C=O) groups is 3. The highest BCUT2D eigenvalue weighted by Crippen LogP contribution is 2.68. The van der Waals surface area contributed by atoms with Gasteiger partial charge >= 0.3 is 5.97 Å². The number of thioether (sulfide) groups is 1. The summed E-state index contributed by atoms with van der Waals surface area (Å²) in [6.45, 7) is 20.7. The van der Waals surface area contributed by atoms with Crippen molar-refractivity contribution < 1.29 is 24.2 Å². The summed E-state index contributed by atoms with van der Waals surface area (Å²) in [5.74, 6) is -0.243. The lowest BCUT2D eigenvalue weighted by Crippen LogP contribution is -2.63. The monoisotopic (exact) mass is 564 g/mol. The molecule has 2 bridgehead atoms. The first-order valence-corrected chi connectivity index (χ1v) is 15.6. The third-order valence-corrected chi connectivity index (χ3v) is 12.2. The average molecular weight is 565 g/mol. The largest absolute Gasteiger partial charge is 0.461 e. The maximum Gasteiger partial charge on any atom is 0.316 e. The van der Waals surface area contributed by atoms with Crippen molar-refractivity contribution in [1.82, 2.24) is 5.32 Å². The molecule has 3 aliphatic carbocycles. The maximum absolute atomic E-state index is 13.5. The highest BCUT2D eigenvalue weighted by atomic mass is 32.2. The van der Waals surface area contributed by atoms with E-state index >= 15 is 0 Å². The van der Waals surface area contributed by atoms with Crippen LogP contribution in [0, 0.1) is 39.9 Å². The van der Waals surface area contributed by atoms with E-state index in [-0.39, 0.29) is 52.5 Å². The Bertz CT molecular complexity index is 969. The van der Waals surface area contributed by atoms with Gasteiger partial charge in [0.05, 0.1) is 17.9 Å². The van der Waals surface area contributed by atoms with Gasteiger partial charge in [0.2, 0.25) is 5.91 Å². The van der Waals surface area contributed by atoms with Gasteiger partial charge in [-0.05, 0) is 62.7 Å². The lowest BCUT2D eigenvalue weighted by Gasteiger charge is -2.61. The van der Waals surface area contributed by atoms with Crippen LogP contribution in [0.2, 0.25) is 0 Å². The van der Waals surface area contributed by atoms with Crippen molar-refractivity contribution in [2.45, 2.75) is 110 Å². The fraction of sp³-hybridized carbons (Fsp3) is 0.839. The molecule has 3 aliphatic rings. The second-order valence-corrected chi connectivity index (χ2v) is 15.8. The molecule has 4 N–H and O–H groups in total. The van der Waals surface area contributed by atoms with Crippen LogP contribution >= 0.6 is 11.8 Å². The van der Waals surface area contributed by atoms with Crippen molar-refractivity contribution in [2.24, 2.45) is 45.7 Å². The number of nitrogens with two attached hydrogens (primary N) is 1. The molecule has 0 aliphatic heterocycles. The van der Waals surface area contributed by atoms with Gasteiger partial charge in [-0.25, -0.2) is 0 Å². The Labute approximate surface area is 239 Å². The lowest BCUT2D eigenvalue weighted by molar-refractivity contribution is -0.205. The first-order valence-electron chi connectivity index (χ1n) is 14.7. The van der Waals surface area contributed by atoms with Crippen LogP contribution in [0.5, 0.6) is 0 Å². The number of carbonyl (C=O) groups excluding carboxylic acids is 3. The second kappa shape index (κ2) is 11.5. The Morgan fingerprint density at radius 3 is 2.51 bits per heavy atom. The molecule has 3 rings (SSSR count). The first kappa shape index (κ1) is 32.1. The number of ether oxygens (including phenoxy) is 1. The SMILES string of the molecule is C=C[C@]1(C)C[C@H](OC(=O)CSC(C)(C)CNC(=O)[C@@H](N)C(C)C)[C@]2(C)[C@H](C)CC[C@]3(CCC(=O)[C@H]32)[C@H](C)[C@H]1O. The number of ketones is 1. The quantitative estimate of drug-likeness (QED) is 0.279. The van der Waals surface area contributed by atoms with E-state index in [1.165, 1.54) is 11.8 Å². The van der Waals surface area contributed by atoms with Gasteiger partial charge in [-0.15, -0.1) is 18.3 Å². The van der Waals surface area contributed by atoms with E-state index in [9.17, 15) is 19.5 Å². The number of hydrogen-bond donors (Lipinski definition) is 3. The molecule has 222 valence electrons. The minimum absolute atomic E-state index is 0.0382. The molecule has 1 amide bonds. The van der Waals surface area contributed by atoms with Crippen molar-refractivity contribution in [1.29, 1.82) is 0 Å². The minimum atomic E-state index is -0.684. The number of rotatable bonds is 9. The Kier molecular flexibility index (Phi) is 9.46.